The zero-order valence-electron chi connectivity index (χ0n) is 16.8. The van der Waals surface area contributed by atoms with Gasteiger partial charge in [0.25, 0.3) is 5.91 Å². The lowest BCUT2D eigenvalue weighted by molar-refractivity contribution is 0.102. The van der Waals surface area contributed by atoms with Gasteiger partial charge in [-0.3, -0.25) is 9.89 Å². The number of hydrogen-bond acceptors (Lipinski definition) is 5. The van der Waals surface area contributed by atoms with E-state index >= 15 is 0 Å². The second-order valence-electron chi connectivity index (χ2n) is 6.11. The second-order valence-corrected chi connectivity index (χ2v) is 6.11. The van der Waals surface area contributed by atoms with Crippen LogP contribution in [0.15, 0.2) is 48.7 Å². The molecule has 7 heteroatoms. The molecule has 0 aliphatic rings. The summed E-state index contributed by atoms with van der Waals surface area (Å²) in [7, 11) is 0. The summed E-state index contributed by atoms with van der Waals surface area (Å²) in [5.74, 6) is 1.21. The molecule has 0 saturated heterocycles. The summed E-state index contributed by atoms with van der Waals surface area (Å²) in [6.07, 6.45) is 1.69. The molecule has 0 atom stereocenters. The van der Waals surface area contributed by atoms with Crippen LogP contribution in [-0.2, 0) is 0 Å². The maximum Gasteiger partial charge on any atom is 0.255 e. The van der Waals surface area contributed by atoms with Gasteiger partial charge in [0.1, 0.15) is 0 Å². The predicted octanol–water partition coefficient (Wildman–Crippen LogP) is 4.53. The lowest BCUT2D eigenvalue weighted by atomic mass is 10.1. The number of carbonyl (C=O) groups excluding carboxylic acids is 1. The number of carbonyl (C=O) groups is 1. The largest absolute Gasteiger partial charge is 0.490 e. The van der Waals surface area contributed by atoms with Gasteiger partial charge in [-0.1, -0.05) is 12.1 Å². The van der Waals surface area contributed by atoms with Crippen LogP contribution in [0.1, 0.15) is 31.1 Å². The van der Waals surface area contributed by atoms with Gasteiger partial charge >= 0.3 is 0 Å². The van der Waals surface area contributed by atoms with E-state index < -0.39 is 0 Å². The fourth-order valence-corrected chi connectivity index (χ4v) is 2.90. The molecule has 0 fully saturated rings. The van der Waals surface area contributed by atoms with Crippen molar-refractivity contribution in [3.8, 4) is 28.5 Å². The standard InChI is InChI=1S/C22H25N3O4/c1-4-27-19-13-16(14-20(28-5-2)21(19)29-6-3)22(26)24-17-9-7-8-15(12-17)18-10-11-23-25-18/h7-14H,4-6H2,1-3H3,(H,23,25)(H,24,26). The Morgan fingerprint density at radius 2 is 1.66 bits per heavy atom. The number of aromatic nitrogens is 2. The Balaban J connectivity index is 1.89. The number of rotatable bonds is 9. The number of anilines is 1. The number of ether oxygens (including phenoxy) is 3. The third kappa shape index (κ3) is 4.87. The van der Waals surface area contributed by atoms with Gasteiger partial charge in [-0.15, -0.1) is 0 Å². The van der Waals surface area contributed by atoms with Gasteiger partial charge < -0.3 is 19.5 Å². The number of benzene rings is 2. The molecular formula is C22H25N3O4. The summed E-state index contributed by atoms with van der Waals surface area (Å²) in [6, 6.07) is 12.8. The Kier molecular flexibility index (Phi) is 6.73. The smallest absolute Gasteiger partial charge is 0.255 e. The zero-order chi connectivity index (χ0) is 20.6. The third-order valence-electron chi connectivity index (χ3n) is 4.10. The number of H-pyrrole nitrogens is 1. The van der Waals surface area contributed by atoms with Crippen LogP contribution in [0, 0.1) is 0 Å². The van der Waals surface area contributed by atoms with Crippen LogP contribution in [0.3, 0.4) is 0 Å². The number of hydrogen-bond donors (Lipinski definition) is 2. The van der Waals surface area contributed by atoms with E-state index in [9.17, 15) is 4.79 Å². The lowest BCUT2D eigenvalue weighted by Gasteiger charge is -2.17. The van der Waals surface area contributed by atoms with E-state index in [0.717, 1.165) is 11.3 Å². The van der Waals surface area contributed by atoms with Crippen molar-refractivity contribution in [2.24, 2.45) is 0 Å². The molecule has 0 saturated carbocycles. The van der Waals surface area contributed by atoms with Gasteiger partial charge in [-0.25, -0.2) is 0 Å². The molecular weight excluding hydrogens is 370 g/mol. The molecule has 1 aromatic heterocycles. The summed E-state index contributed by atoms with van der Waals surface area (Å²) in [6.45, 7) is 7.00. The van der Waals surface area contributed by atoms with Gasteiger partial charge in [-0.2, -0.15) is 5.10 Å². The van der Waals surface area contributed by atoms with Crippen molar-refractivity contribution in [3.05, 3.63) is 54.2 Å². The SMILES string of the molecule is CCOc1cc(C(=O)Nc2cccc(-c3ccn[nH]3)c2)cc(OCC)c1OCC. The van der Waals surface area contributed by atoms with Crippen LogP contribution in [0.25, 0.3) is 11.3 Å². The molecule has 3 rings (SSSR count). The maximum absolute atomic E-state index is 12.9. The topological polar surface area (TPSA) is 85.5 Å². The highest BCUT2D eigenvalue weighted by molar-refractivity contribution is 6.05. The van der Waals surface area contributed by atoms with E-state index in [0.29, 0.717) is 48.3 Å². The van der Waals surface area contributed by atoms with E-state index in [1.807, 2.05) is 51.1 Å². The molecule has 7 nitrogen and oxygen atoms in total. The Hall–Kier alpha value is -3.48. The van der Waals surface area contributed by atoms with Crippen molar-refractivity contribution in [2.75, 3.05) is 25.1 Å². The lowest BCUT2D eigenvalue weighted by Crippen LogP contribution is -2.13. The van der Waals surface area contributed by atoms with E-state index in [1.165, 1.54) is 0 Å². The summed E-state index contributed by atoms with van der Waals surface area (Å²) in [5.41, 5.74) is 2.90. The van der Waals surface area contributed by atoms with Gasteiger partial charge in [0.2, 0.25) is 5.75 Å². The molecule has 0 bridgehead atoms. The highest BCUT2D eigenvalue weighted by Crippen LogP contribution is 2.39. The molecule has 0 aliphatic heterocycles. The number of aromatic amines is 1. The molecule has 0 spiro atoms. The first kappa shape index (κ1) is 20.3. The van der Waals surface area contributed by atoms with Crippen molar-refractivity contribution >= 4 is 11.6 Å². The average Bonchev–Trinajstić information content (AvgIpc) is 3.26. The number of nitrogens with one attached hydrogen (secondary N) is 2. The van der Waals surface area contributed by atoms with Crippen LogP contribution >= 0.6 is 0 Å². The molecule has 152 valence electrons. The Morgan fingerprint density at radius 3 is 2.24 bits per heavy atom. The summed E-state index contributed by atoms with van der Waals surface area (Å²) in [5, 5.41) is 9.81. The molecule has 0 radical (unpaired) electrons. The first-order valence-electron chi connectivity index (χ1n) is 9.63. The van der Waals surface area contributed by atoms with Crippen LogP contribution in [0.2, 0.25) is 0 Å². The molecule has 2 aromatic carbocycles. The van der Waals surface area contributed by atoms with Crippen molar-refractivity contribution in [1.82, 2.24) is 10.2 Å². The Labute approximate surface area is 170 Å². The van der Waals surface area contributed by atoms with Crippen molar-refractivity contribution in [2.45, 2.75) is 20.8 Å². The van der Waals surface area contributed by atoms with Gasteiger partial charge in [0.15, 0.2) is 11.5 Å². The van der Waals surface area contributed by atoms with Gasteiger partial charge in [-0.05, 0) is 51.1 Å². The van der Waals surface area contributed by atoms with E-state index in [2.05, 4.69) is 15.5 Å². The third-order valence-corrected chi connectivity index (χ3v) is 4.10. The highest BCUT2D eigenvalue weighted by atomic mass is 16.5. The minimum atomic E-state index is -0.267. The Bertz CT molecular complexity index is 927. The van der Waals surface area contributed by atoms with E-state index in [4.69, 9.17) is 14.2 Å². The van der Waals surface area contributed by atoms with Gasteiger partial charge in [0, 0.05) is 23.0 Å². The molecule has 2 N–H and O–H groups in total. The molecule has 3 aromatic rings. The molecule has 1 amide bonds. The summed E-state index contributed by atoms with van der Waals surface area (Å²) in [4.78, 5) is 12.9. The summed E-state index contributed by atoms with van der Waals surface area (Å²) >= 11 is 0. The molecule has 0 aliphatic carbocycles. The maximum atomic E-state index is 12.9. The van der Waals surface area contributed by atoms with Crippen LogP contribution in [-0.4, -0.2) is 35.9 Å². The second kappa shape index (κ2) is 9.64. The Morgan fingerprint density at radius 1 is 0.966 bits per heavy atom. The van der Waals surface area contributed by atoms with Crippen LogP contribution in [0.4, 0.5) is 5.69 Å². The number of nitrogens with zero attached hydrogens (tertiary/aromatic N) is 1. The summed E-state index contributed by atoms with van der Waals surface area (Å²) < 4.78 is 17.1. The van der Waals surface area contributed by atoms with Crippen LogP contribution in [0.5, 0.6) is 17.2 Å². The monoisotopic (exact) mass is 395 g/mol. The molecule has 29 heavy (non-hydrogen) atoms. The highest BCUT2D eigenvalue weighted by Gasteiger charge is 2.18. The average molecular weight is 395 g/mol. The van der Waals surface area contributed by atoms with E-state index in [-0.39, 0.29) is 5.91 Å². The quantitative estimate of drug-likeness (QED) is 0.556. The zero-order valence-corrected chi connectivity index (χ0v) is 16.8. The molecule has 1 heterocycles. The number of amides is 1. The van der Waals surface area contributed by atoms with Crippen LogP contribution < -0.4 is 19.5 Å². The first-order chi connectivity index (χ1) is 14.2. The fraction of sp³-hybridized carbons (Fsp3) is 0.273. The van der Waals surface area contributed by atoms with Crippen molar-refractivity contribution in [3.63, 3.8) is 0 Å². The first-order valence-corrected chi connectivity index (χ1v) is 9.63. The van der Waals surface area contributed by atoms with E-state index in [1.54, 1.807) is 18.3 Å². The van der Waals surface area contributed by atoms with Gasteiger partial charge in [0.05, 0.1) is 25.5 Å². The molecule has 0 unspecified atom stereocenters. The van der Waals surface area contributed by atoms with Crippen molar-refractivity contribution < 1.29 is 19.0 Å². The normalized spacial score (nSPS) is 10.4. The fourth-order valence-electron chi connectivity index (χ4n) is 2.90. The predicted molar refractivity (Wildman–Crippen MR) is 112 cm³/mol. The minimum absolute atomic E-state index is 0.267. The minimum Gasteiger partial charge on any atom is -0.490 e. The van der Waals surface area contributed by atoms with Crippen molar-refractivity contribution in [1.29, 1.82) is 0 Å².